The summed E-state index contributed by atoms with van der Waals surface area (Å²) in [6, 6.07) is 5.14. The van der Waals surface area contributed by atoms with Crippen molar-refractivity contribution in [2.45, 2.75) is 18.4 Å². The van der Waals surface area contributed by atoms with Crippen LogP contribution in [0.4, 0.5) is 5.82 Å². The predicted octanol–water partition coefficient (Wildman–Crippen LogP) is 0.847. The van der Waals surface area contributed by atoms with Gasteiger partial charge in [0.25, 0.3) is 5.91 Å². The maximum atomic E-state index is 12.4. The smallest absolute Gasteiger partial charge is 0.272 e. The van der Waals surface area contributed by atoms with Crippen LogP contribution in [0.2, 0.25) is 0 Å². The van der Waals surface area contributed by atoms with Crippen LogP contribution in [0.15, 0.2) is 18.2 Å². The maximum Gasteiger partial charge on any atom is 0.272 e. The van der Waals surface area contributed by atoms with Crippen LogP contribution >= 0.6 is 0 Å². The summed E-state index contributed by atoms with van der Waals surface area (Å²) in [7, 11) is 5.82. The number of amides is 1. The van der Waals surface area contributed by atoms with E-state index in [4.69, 9.17) is 10.5 Å². The molecule has 1 aliphatic rings. The van der Waals surface area contributed by atoms with Crippen LogP contribution in [-0.4, -0.2) is 67.1 Å². The number of hydrogen-bond acceptors (Lipinski definition) is 5. The van der Waals surface area contributed by atoms with E-state index in [1.165, 1.54) is 0 Å². The van der Waals surface area contributed by atoms with Gasteiger partial charge in [-0.05, 0) is 39.1 Å². The summed E-state index contributed by atoms with van der Waals surface area (Å²) in [6.07, 6.45) is 1.66. The number of methoxy groups -OCH3 is 1. The molecule has 1 aromatic heterocycles. The number of carbonyl (C=O) groups is 1. The van der Waals surface area contributed by atoms with Gasteiger partial charge in [0.05, 0.1) is 5.60 Å². The Kier molecular flexibility index (Phi) is 4.80. The zero-order chi connectivity index (χ0) is 15.5. The lowest BCUT2D eigenvalue weighted by Crippen LogP contribution is -2.52. The van der Waals surface area contributed by atoms with E-state index in [1.54, 1.807) is 25.3 Å². The number of nitrogen functional groups attached to an aromatic ring is 1. The predicted molar refractivity (Wildman–Crippen MR) is 82.1 cm³/mol. The van der Waals surface area contributed by atoms with Gasteiger partial charge < -0.3 is 20.3 Å². The summed E-state index contributed by atoms with van der Waals surface area (Å²) in [5, 5.41) is 0. The lowest BCUT2D eigenvalue weighted by molar-refractivity contribution is -0.0654. The van der Waals surface area contributed by atoms with Gasteiger partial charge in [0.2, 0.25) is 0 Å². The van der Waals surface area contributed by atoms with Crippen molar-refractivity contribution in [3.63, 3.8) is 0 Å². The number of likely N-dealkylation sites (N-methyl/N-ethyl adjacent to an activating group) is 1. The maximum absolute atomic E-state index is 12.4. The average Bonchev–Trinajstić information content (AvgIpc) is 2.46. The summed E-state index contributed by atoms with van der Waals surface area (Å²) in [5.74, 6) is 0.313. The Morgan fingerprint density at radius 2 is 2.10 bits per heavy atom. The van der Waals surface area contributed by atoms with Gasteiger partial charge in [0.1, 0.15) is 11.5 Å². The number of hydrogen-bond donors (Lipinski definition) is 1. The van der Waals surface area contributed by atoms with Crippen molar-refractivity contribution >= 4 is 11.7 Å². The molecule has 0 unspecified atom stereocenters. The molecule has 0 bridgehead atoms. The Balaban J connectivity index is 2.01. The topological polar surface area (TPSA) is 71.7 Å². The number of pyridine rings is 1. The first-order chi connectivity index (χ1) is 9.96. The van der Waals surface area contributed by atoms with E-state index in [0.717, 1.165) is 19.4 Å². The second kappa shape index (κ2) is 6.41. The zero-order valence-electron chi connectivity index (χ0n) is 13.0. The van der Waals surface area contributed by atoms with Crippen LogP contribution in [0, 0.1) is 0 Å². The molecular formula is C15H24N4O2. The van der Waals surface area contributed by atoms with Crippen molar-refractivity contribution in [2.24, 2.45) is 0 Å². The number of aromatic nitrogens is 1. The molecule has 0 spiro atoms. The van der Waals surface area contributed by atoms with E-state index in [1.807, 2.05) is 19.0 Å². The number of piperidine rings is 1. The van der Waals surface area contributed by atoms with Crippen LogP contribution < -0.4 is 5.73 Å². The summed E-state index contributed by atoms with van der Waals surface area (Å²) in [6.45, 7) is 2.22. The molecule has 1 saturated heterocycles. The minimum Gasteiger partial charge on any atom is -0.384 e. The van der Waals surface area contributed by atoms with Gasteiger partial charge in [0, 0.05) is 26.7 Å². The molecule has 0 saturated carbocycles. The molecule has 6 nitrogen and oxygen atoms in total. The van der Waals surface area contributed by atoms with Crippen molar-refractivity contribution in [3.8, 4) is 0 Å². The second-order valence-electron chi connectivity index (χ2n) is 5.86. The Hall–Kier alpha value is -1.66. The van der Waals surface area contributed by atoms with E-state index in [0.29, 0.717) is 24.6 Å². The molecule has 1 fully saturated rings. The molecule has 116 valence electrons. The van der Waals surface area contributed by atoms with Gasteiger partial charge in [-0.3, -0.25) is 4.79 Å². The molecule has 0 aliphatic carbocycles. The molecule has 1 aliphatic heterocycles. The highest BCUT2D eigenvalue weighted by atomic mass is 16.5. The molecule has 1 aromatic rings. The highest BCUT2D eigenvalue weighted by Gasteiger charge is 2.36. The Morgan fingerprint density at radius 3 is 2.62 bits per heavy atom. The largest absolute Gasteiger partial charge is 0.384 e. The average molecular weight is 292 g/mol. The summed E-state index contributed by atoms with van der Waals surface area (Å²) in [4.78, 5) is 20.5. The lowest BCUT2D eigenvalue weighted by Gasteiger charge is -2.42. The van der Waals surface area contributed by atoms with Gasteiger partial charge in [-0.15, -0.1) is 0 Å². The molecule has 0 aromatic carbocycles. The Labute approximate surface area is 125 Å². The van der Waals surface area contributed by atoms with Crippen LogP contribution in [0.5, 0.6) is 0 Å². The molecule has 2 N–H and O–H groups in total. The quantitative estimate of drug-likeness (QED) is 0.890. The van der Waals surface area contributed by atoms with Gasteiger partial charge in [-0.1, -0.05) is 6.07 Å². The van der Waals surface area contributed by atoms with Crippen molar-refractivity contribution in [3.05, 3.63) is 23.9 Å². The number of carbonyl (C=O) groups excluding carboxylic acids is 1. The Bertz CT molecular complexity index is 496. The number of nitrogens with two attached hydrogens (primary N) is 1. The highest BCUT2D eigenvalue weighted by Crippen LogP contribution is 2.27. The number of rotatable bonds is 4. The zero-order valence-corrected chi connectivity index (χ0v) is 13.0. The fraction of sp³-hybridized carbons (Fsp3) is 0.600. The van der Waals surface area contributed by atoms with Crippen LogP contribution in [0.25, 0.3) is 0 Å². The summed E-state index contributed by atoms with van der Waals surface area (Å²) in [5.41, 5.74) is 5.88. The lowest BCUT2D eigenvalue weighted by atomic mass is 9.90. The molecule has 1 amide bonds. The van der Waals surface area contributed by atoms with Crippen LogP contribution in [0.3, 0.4) is 0 Å². The molecule has 2 rings (SSSR count). The highest BCUT2D eigenvalue weighted by molar-refractivity contribution is 5.92. The summed E-state index contributed by atoms with van der Waals surface area (Å²) < 4.78 is 5.73. The SMILES string of the molecule is COC1(CN(C)C)CCN(C(=O)c2cccc(N)n2)CC1. The fourth-order valence-corrected chi connectivity index (χ4v) is 2.85. The third-order valence-electron chi connectivity index (χ3n) is 3.99. The first-order valence-electron chi connectivity index (χ1n) is 7.17. The number of ether oxygens (including phenoxy) is 1. The van der Waals surface area contributed by atoms with E-state index in [9.17, 15) is 4.79 Å². The van der Waals surface area contributed by atoms with E-state index < -0.39 is 0 Å². The fourth-order valence-electron chi connectivity index (χ4n) is 2.85. The van der Waals surface area contributed by atoms with Gasteiger partial charge in [-0.25, -0.2) is 4.98 Å². The van der Waals surface area contributed by atoms with Crippen LogP contribution in [0.1, 0.15) is 23.3 Å². The van der Waals surface area contributed by atoms with E-state index >= 15 is 0 Å². The molecule has 0 atom stereocenters. The van der Waals surface area contributed by atoms with Gasteiger partial charge in [0.15, 0.2) is 0 Å². The van der Waals surface area contributed by atoms with Crippen molar-refractivity contribution < 1.29 is 9.53 Å². The normalized spacial score (nSPS) is 18.0. The van der Waals surface area contributed by atoms with Crippen LogP contribution in [-0.2, 0) is 4.74 Å². The second-order valence-corrected chi connectivity index (χ2v) is 5.86. The molecular weight excluding hydrogens is 268 g/mol. The van der Waals surface area contributed by atoms with E-state index in [2.05, 4.69) is 9.88 Å². The third-order valence-corrected chi connectivity index (χ3v) is 3.99. The van der Waals surface area contributed by atoms with Crippen molar-refractivity contribution in [1.29, 1.82) is 0 Å². The third kappa shape index (κ3) is 3.71. The van der Waals surface area contributed by atoms with Gasteiger partial charge >= 0.3 is 0 Å². The molecule has 2 heterocycles. The molecule has 21 heavy (non-hydrogen) atoms. The monoisotopic (exact) mass is 292 g/mol. The number of nitrogens with zero attached hydrogens (tertiary/aromatic N) is 3. The van der Waals surface area contributed by atoms with Gasteiger partial charge in [-0.2, -0.15) is 0 Å². The van der Waals surface area contributed by atoms with Crippen molar-refractivity contribution in [1.82, 2.24) is 14.8 Å². The number of anilines is 1. The molecule has 6 heteroatoms. The first-order valence-corrected chi connectivity index (χ1v) is 7.17. The Morgan fingerprint density at radius 1 is 1.43 bits per heavy atom. The standard InChI is InChI=1S/C15H24N4O2/c1-18(2)11-15(21-3)7-9-19(10-8-15)14(20)12-5-4-6-13(16)17-12/h4-6H,7-11H2,1-3H3,(H2,16,17). The molecule has 0 radical (unpaired) electrons. The number of likely N-dealkylation sites (tertiary alicyclic amines) is 1. The van der Waals surface area contributed by atoms with Crippen molar-refractivity contribution in [2.75, 3.05) is 46.6 Å². The van der Waals surface area contributed by atoms with E-state index in [-0.39, 0.29) is 11.5 Å². The minimum atomic E-state index is -0.163. The first kappa shape index (κ1) is 15.7. The minimum absolute atomic E-state index is 0.0585. The summed E-state index contributed by atoms with van der Waals surface area (Å²) >= 11 is 0.